The minimum atomic E-state index is -0.829. The van der Waals surface area contributed by atoms with Gasteiger partial charge in [-0.15, -0.1) is 0 Å². The number of nitrogens with one attached hydrogen (secondary N) is 2. The fourth-order valence-electron chi connectivity index (χ4n) is 2.76. The van der Waals surface area contributed by atoms with Crippen LogP contribution in [0.25, 0.3) is 0 Å². The Morgan fingerprint density at radius 3 is 2.72 bits per heavy atom. The van der Waals surface area contributed by atoms with Gasteiger partial charge in [0.2, 0.25) is 0 Å². The Kier molecular flexibility index (Phi) is 5.62. The van der Waals surface area contributed by atoms with Crippen LogP contribution in [0.2, 0.25) is 0 Å². The van der Waals surface area contributed by atoms with Crippen molar-refractivity contribution >= 4 is 17.7 Å². The molecule has 2 rings (SSSR count). The number of aromatic nitrogens is 1. The third-order valence-corrected chi connectivity index (χ3v) is 4.05. The highest BCUT2D eigenvalue weighted by molar-refractivity contribution is 5.87. The van der Waals surface area contributed by atoms with Gasteiger partial charge in [0.25, 0.3) is 5.91 Å². The first-order valence-electron chi connectivity index (χ1n) is 8.25. The number of hydrogen-bond donors (Lipinski definition) is 2. The summed E-state index contributed by atoms with van der Waals surface area (Å²) in [6.45, 7) is 7.90. The molecule has 138 valence electrons. The minimum absolute atomic E-state index is 0.0516. The molecule has 8 heteroatoms. The molecule has 25 heavy (non-hydrogen) atoms. The molecule has 1 amide bonds. The zero-order valence-corrected chi connectivity index (χ0v) is 15.1. The van der Waals surface area contributed by atoms with Crippen molar-refractivity contribution in [2.24, 2.45) is 0 Å². The number of esters is 1. The molecule has 0 saturated carbocycles. The molecule has 1 atom stereocenters. The van der Waals surface area contributed by atoms with E-state index in [1.165, 1.54) is 12.1 Å². The van der Waals surface area contributed by atoms with E-state index in [1.54, 1.807) is 27.7 Å². The van der Waals surface area contributed by atoms with Crippen molar-refractivity contribution < 1.29 is 18.7 Å². The monoisotopic (exact) mass is 352 g/mol. The van der Waals surface area contributed by atoms with Crippen LogP contribution in [0.1, 0.15) is 40.5 Å². The van der Waals surface area contributed by atoms with Gasteiger partial charge in [0.15, 0.2) is 0 Å². The molecule has 0 aliphatic carbocycles. The van der Waals surface area contributed by atoms with Crippen LogP contribution >= 0.6 is 0 Å². The van der Waals surface area contributed by atoms with Gasteiger partial charge in [-0.25, -0.2) is 9.37 Å². The van der Waals surface area contributed by atoms with Gasteiger partial charge in [-0.2, -0.15) is 0 Å². The van der Waals surface area contributed by atoms with Crippen LogP contribution in [0.4, 0.5) is 10.2 Å². The van der Waals surface area contributed by atoms with Crippen molar-refractivity contribution in [2.75, 3.05) is 18.5 Å². The molecule has 1 aromatic heterocycles. The summed E-state index contributed by atoms with van der Waals surface area (Å²) in [6.07, 6.45) is 2.49. The number of carbonyl (C=O) groups is 2. The lowest BCUT2D eigenvalue weighted by Crippen LogP contribution is -2.56. The SMILES string of the molecule is CC(C)(C)OC(=O)CN1CCC[C@@]1(C)C(=O)NNc1ccc(F)cn1. The molecule has 1 aliphatic rings. The molecule has 0 unspecified atom stereocenters. The fraction of sp³-hybridized carbons (Fsp3) is 0.588. The Morgan fingerprint density at radius 1 is 1.40 bits per heavy atom. The minimum Gasteiger partial charge on any atom is -0.459 e. The Balaban J connectivity index is 1.96. The number of hydrogen-bond acceptors (Lipinski definition) is 6. The van der Waals surface area contributed by atoms with E-state index >= 15 is 0 Å². The molecule has 0 aromatic carbocycles. The summed E-state index contributed by atoms with van der Waals surface area (Å²) in [5, 5.41) is 0. The van der Waals surface area contributed by atoms with Crippen LogP contribution in [-0.4, -0.2) is 46.0 Å². The summed E-state index contributed by atoms with van der Waals surface area (Å²) in [7, 11) is 0. The summed E-state index contributed by atoms with van der Waals surface area (Å²) in [4.78, 5) is 30.3. The average Bonchev–Trinajstić information content (AvgIpc) is 2.86. The second-order valence-electron chi connectivity index (χ2n) is 7.33. The molecule has 1 fully saturated rings. The lowest BCUT2D eigenvalue weighted by atomic mass is 9.98. The van der Waals surface area contributed by atoms with E-state index in [2.05, 4.69) is 15.8 Å². The first-order valence-corrected chi connectivity index (χ1v) is 8.25. The van der Waals surface area contributed by atoms with Gasteiger partial charge in [0.1, 0.15) is 17.2 Å². The van der Waals surface area contributed by atoms with Gasteiger partial charge in [0.05, 0.1) is 18.3 Å². The molecule has 0 spiro atoms. The Bertz CT molecular complexity index is 630. The summed E-state index contributed by atoms with van der Waals surface area (Å²) >= 11 is 0. The van der Waals surface area contributed by atoms with E-state index in [1.807, 2.05) is 4.90 Å². The maximum atomic E-state index is 12.9. The number of carbonyl (C=O) groups excluding carboxylic acids is 2. The highest BCUT2D eigenvalue weighted by Gasteiger charge is 2.44. The van der Waals surface area contributed by atoms with Crippen molar-refractivity contribution in [3.8, 4) is 0 Å². The van der Waals surface area contributed by atoms with Gasteiger partial charge < -0.3 is 4.74 Å². The highest BCUT2D eigenvalue weighted by atomic mass is 19.1. The molecule has 2 heterocycles. The molecule has 0 radical (unpaired) electrons. The first kappa shape index (κ1) is 19.1. The Labute approximate surface area is 146 Å². The quantitative estimate of drug-likeness (QED) is 0.622. The number of pyridine rings is 1. The van der Waals surface area contributed by atoms with Gasteiger partial charge >= 0.3 is 5.97 Å². The van der Waals surface area contributed by atoms with E-state index in [0.29, 0.717) is 18.8 Å². The van der Waals surface area contributed by atoms with E-state index < -0.39 is 17.0 Å². The van der Waals surface area contributed by atoms with E-state index in [4.69, 9.17) is 4.74 Å². The van der Waals surface area contributed by atoms with Gasteiger partial charge in [-0.1, -0.05) is 0 Å². The lowest BCUT2D eigenvalue weighted by molar-refractivity contribution is -0.157. The lowest BCUT2D eigenvalue weighted by Gasteiger charge is -2.33. The summed E-state index contributed by atoms with van der Waals surface area (Å²) < 4.78 is 18.2. The molecule has 0 bridgehead atoms. The Hall–Kier alpha value is -2.22. The maximum Gasteiger partial charge on any atom is 0.320 e. The number of nitrogens with zero attached hydrogens (tertiary/aromatic N) is 2. The molecule has 2 N–H and O–H groups in total. The second kappa shape index (κ2) is 7.35. The molecular weight excluding hydrogens is 327 g/mol. The first-order chi connectivity index (χ1) is 11.6. The standard InChI is InChI=1S/C17H25FN4O3/c1-16(2,3)25-14(23)11-22-9-5-8-17(22,4)15(24)21-20-13-7-6-12(18)10-19-13/h6-7,10H,5,8-9,11H2,1-4H3,(H,19,20)(H,21,24)/t17-/m0/s1. The van der Waals surface area contributed by atoms with Crippen LogP contribution < -0.4 is 10.9 Å². The summed E-state index contributed by atoms with van der Waals surface area (Å²) in [6, 6.07) is 2.67. The number of anilines is 1. The van der Waals surface area contributed by atoms with Crippen molar-refractivity contribution in [3.05, 3.63) is 24.1 Å². The third kappa shape index (κ3) is 5.12. The van der Waals surface area contributed by atoms with Crippen LogP contribution in [0.5, 0.6) is 0 Å². The largest absolute Gasteiger partial charge is 0.459 e. The fourth-order valence-corrected chi connectivity index (χ4v) is 2.76. The molecule has 1 aromatic rings. The second-order valence-corrected chi connectivity index (χ2v) is 7.33. The van der Waals surface area contributed by atoms with Crippen molar-refractivity contribution in [1.82, 2.24) is 15.3 Å². The van der Waals surface area contributed by atoms with Crippen molar-refractivity contribution in [3.63, 3.8) is 0 Å². The third-order valence-electron chi connectivity index (χ3n) is 4.05. The van der Waals surface area contributed by atoms with Gasteiger partial charge in [-0.3, -0.25) is 25.3 Å². The zero-order chi connectivity index (χ0) is 18.7. The van der Waals surface area contributed by atoms with Gasteiger partial charge in [0, 0.05) is 0 Å². The number of halogens is 1. The summed E-state index contributed by atoms with van der Waals surface area (Å²) in [5.41, 5.74) is 3.86. The van der Waals surface area contributed by atoms with Crippen LogP contribution in [0, 0.1) is 5.82 Å². The Morgan fingerprint density at radius 2 is 2.12 bits per heavy atom. The number of likely N-dealkylation sites (tertiary alicyclic amines) is 1. The predicted octanol–water partition coefficient (Wildman–Crippen LogP) is 1.86. The van der Waals surface area contributed by atoms with Crippen LogP contribution in [0.15, 0.2) is 18.3 Å². The number of rotatable bonds is 5. The maximum absolute atomic E-state index is 12.9. The number of amides is 1. The van der Waals surface area contributed by atoms with E-state index in [0.717, 1.165) is 12.6 Å². The predicted molar refractivity (Wildman–Crippen MR) is 91.0 cm³/mol. The topological polar surface area (TPSA) is 83.6 Å². The smallest absolute Gasteiger partial charge is 0.320 e. The molecule has 1 aliphatic heterocycles. The van der Waals surface area contributed by atoms with Crippen LogP contribution in [-0.2, 0) is 14.3 Å². The number of hydrazine groups is 1. The van der Waals surface area contributed by atoms with E-state index in [9.17, 15) is 14.0 Å². The van der Waals surface area contributed by atoms with Crippen molar-refractivity contribution in [1.29, 1.82) is 0 Å². The van der Waals surface area contributed by atoms with E-state index in [-0.39, 0.29) is 18.4 Å². The molecule has 1 saturated heterocycles. The molecule has 7 nitrogen and oxygen atoms in total. The zero-order valence-electron chi connectivity index (χ0n) is 15.1. The summed E-state index contributed by atoms with van der Waals surface area (Å²) in [5.74, 6) is -0.764. The van der Waals surface area contributed by atoms with Crippen molar-refractivity contribution in [2.45, 2.75) is 51.7 Å². The molecular formula is C17H25FN4O3. The highest BCUT2D eigenvalue weighted by Crippen LogP contribution is 2.29. The number of ether oxygens (including phenoxy) is 1. The van der Waals surface area contributed by atoms with Gasteiger partial charge in [-0.05, 0) is 59.2 Å². The normalized spacial score (nSPS) is 21.0. The average molecular weight is 352 g/mol. The van der Waals surface area contributed by atoms with Crippen LogP contribution in [0.3, 0.4) is 0 Å².